The molecule has 152 valence electrons. The smallest absolute Gasteiger partial charge is 0.256 e. The van der Waals surface area contributed by atoms with Crippen LogP contribution in [0.5, 0.6) is 0 Å². The number of benzene rings is 2. The number of rotatable bonds is 5. The van der Waals surface area contributed by atoms with Gasteiger partial charge in [-0.1, -0.05) is 29.8 Å². The molecule has 2 heterocycles. The quantitative estimate of drug-likeness (QED) is 0.735. The molecule has 0 aliphatic carbocycles. The van der Waals surface area contributed by atoms with Crippen molar-refractivity contribution in [3.8, 4) is 0 Å². The minimum atomic E-state index is -0.104. The summed E-state index contributed by atoms with van der Waals surface area (Å²) in [5.41, 5.74) is 3.48. The highest BCUT2D eigenvalue weighted by atomic mass is 35.5. The van der Waals surface area contributed by atoms with Gasteiger partial charge in [-0.15, -0.1) is 0 Å². The zero-order chi connectivity index (χ0) is 20.4. The molecule has 0 aromatic heterocycles. The van der Waals surface area contributed by atoms with E-state index in [-0.39, 0.29) is 11.8 Å². The Hall–Kier alpha value is -2.53. The van der Waals surface area contributed by atoms with E-state index in [1.807, 2.05) is 13.1 Å². The molecule has 29 heavy (non-hydrogen) atoms. The maximum Gasteiger partial charge on any atom is 0.256 e. The lowest BCUT2D eigenvalue weighted by Crippen LogP contribution is -2.31. The van der Waals surface area contributed by atoms with E-state index in [4.69, 9.17) is 11.6 Å². The van der Waals surface area contributed by atoms with Gasteiger partial charge in [-0.25, -0.2) is 0 Å². The van der Waals surface area contributed by atoms with Crippen molar-refractivity contribution in [1.29, 1.82) is 0 Å². The first-order valence-corrected chi connectivity index (χ1v) is 10.6. The van der Waals surface area contributed by atoms with Gasteiger partial charge in [0.25, 0.3) is 5.91 Å². The Labute approximate surface area is 176 Å². The van der Waals surface area contributed by atoms with Gasteiger partial charge in [-0.05, 0) is 49.1 Å². The van der Waals surface area contributed by atoms with Crippen LogP contribution in [0.3, 0.4) is 0 Å². The fourth-order valence-electron chi connectivity index (χ4n) is 4.26. The number of carbonyl (C=O) groups excluding carboxylic acids is 2. The summed E-state index contributed by atoms with van der Waals surface area (Å²) >= 11 is 6.18. The summed E-state index contributed by atoms with van der Waals surface area (Å²) in [6, 6.07) is 13.5. The van der Waals surface area contributed by atoms with Gasteiger partial charge < -0.3 is 14.7 Å². The molecule has 0 radical (unpaired) electrons. The number of carbonyl (C=O) groups is 2. The lowest BCUT2D eigenvalue weighted by Gasteiger charge is -2.26. The summed E-state index contributed by atoms with van der Waals surface area (Å²) in [6.07, 6.45) is 3.74. The first-order chi connectivity index (χ1) is 14.0. The molecule has 2 fully saturated rings. The van der Waals surface area contributed by atoms with Crippen molar-refractivity contribution in [2.75, 3.05) is 36.5 Å². The van der Waals surface area contributed by atoms with Crippen molar-refractivity contribution in [3.63, 3.8) is 0 Å². The monoisotopic (exact) mass is 411 g/mol. The molecule has 0 saturated carbocycles. The van der Waals surface area contributed by atoms with Gasteiger partial charge in [-0.2, -0.15) is 0 Å². The molecular weight excluding hydrogens is 386 g/mol. The van der Waals surface area contributed by atoms with Crippen LogP contribution in [0.4, 0.5) is 11.4 Å². The molecule has 0 unspecified atom stereocenters. The maximum absolute atomic E-state index is 13.3. The molecule has 0 N–H and O–H groups in total. The second-order valence-electron chi connectivity index (χ2n) is 7.79. The molecular formula is C23H26ClN3O2. The van der Waals surface area contributed by atoms with Crippen molar-refractivity contribution < 1.29 is 9.59 Å². The summed E-state index contributed by atoms with van der Waals surface area (Å²) in [5.74, 6) is -0.0593. The largest absolute Gasteiger partial charge is 0.371 e. The first kappa shape index (κ1) is 19.8. The van der Waals surface area contributed by atoms with Crippen LogP contribution in [-0.4, -0.2) is 43.4 Å². The van der Waals surface area contributed by atoms with E-state index in [2.05, 4.69) is 23.1 Å². The number of hydrogen-bond acceptors (Lipinski definition) is 3. The highest BCUT2D eigenvalue weighted by Crippen LogP contribution is 2.31. The summed E-state index contributed by atoms with van der Waals surface area (Å²) < 4.78 is 0. The zero-order valence-corrected chi connectivity index (χ0v) is 17.5. The molecule has 2 saturated heterocycles. The van der Waals surface area contributed by atoms with Crippen molar-refractivity contribution in [2.45, 2.75) is 32.2 Å². The number of anilines is 2. The zero-order valence-electron chi connectivity index (χ0n) is 16.7. The molecule has 5 nitrogen and oxygen atoms in total. The van der Waals surface area contributed by atoms with Crippen molar-refractivity contribution in [1.82, 2.24) is 4.90 Å². The molecule has 0 bridgehead atoms. The van der Waals surface area contributed by atoms with Crippen LogP contribution in [0.2, 0.25) is 5.02 Å². The van der Waals surface area contributed by atoms with Gasteiger partial charge >= 0.3 is 0 Å². The Morgan fingerprint density at radius 3 is 2.52 bits per heavy atom. The van der Waals surface area contributed by atoms with E-state index in [9.17, 15) is 9.59 Å². The summed E-state index contributed by atoms with van der Waals surface area (Å²) in [7, 11) is 1.81. The topological polar surface area (TPSA) is 43.9 Å². The molecule has 0 spiro atoms. The second-order valence-corrected chi connectivity index (χ2v) is 8.23. The van der Waals surface area contributed by atoms with Gasteiger partial charge in [-0.3, -0.25) is 9.59 Å². The van der Waals surface area contributed by atoms with Crippen molar-refractivity contribution in [3.05, 3.63) is 58.6 Å². The normalized spacial score (nSPS) is 16.6. The number of halogens is 1. The lowest BCUT2D eigenvalue weighted by molar-refractivity contribution is -0.117. The molecule has 2 aromatic carbocycles. The number of nitrogens with zero attached hydrogens (tertiary/aromatic N) is 3. The third-order valence-corrected chi connectivity index (χ3v) is 5.98. The van der Waals surface area contributed by atoms with Gasteiger partial charge in [0.15, 0.2) is 0 Å². The predicted molar refractivity (Wildman–Crippen MR) is 117 cm³/mol. The number of amides is 2. The van der Waals surface area contributed by atoms with Crippen LogP contribution in [0.15, 0.2) is 42.5 Å². The van der Waals surface area contributed by atoms with E-state index in [1.165, 1.54) is 18.5 Å². The van der Waals surface area contributed by atoms with Gasteiger partial charge in [0, 0.05) is 50.4 Å². The highest BCUT2D eigenvalue weighted by Gasteiger charge is 2.27. The molecule has 2 amide bonds. The van der Waals surface area contributed by atoms with E-state index in [0.717, 1.165) is 25.1 Å². The Morgan fingerprint density at radius 2 is 1.79 bits per heavy atom. The first-order valence-electron chi connectivity index (χ1n) is 10.2. The molecule has 0 atom stereocenters. The molecule has 4 rings (SSSR count). The maximum atomic E-state index is 13.3. The Kier molecular flexibility index (Phi) is 5.76. The average molecular weight is 412 g/mol. The van der Waals surface area contributed by atoms with Crippen molar-refractivity contribution in [2.24, 2.45) is 0 Å². The molecule has 2 aromatic rings. The van der Waals surface area contributed by atoms with Crippen LogP contribution in [0.25, 0.3) is 0 Å². The number of para-hydroxylation sites is 1. The highest BCUT2D eigenvalue weighted by molar-refractivity contribution is 6.31. The summed E-state index contributed by atoms with van der Waals surface area (Å²) in [5, 5.41) is 0.526. The fourth-order valence-corrected chi connectivity index (χ4v) is 4.42. The Balaban J connectivity index is 1.59. The van der Waals surface area contributed by atoms with E-state index in [0.29, 0.717) is 35.8 Å². The van der Waals surface area contributed by atoms with Crippen molar-refractivity contribution >= 4 is 34.8 Å². The third-order valence-electron chi connectivity index (χ3n) is 5.75. The van der Waals surface area contributed by atoms with Gasteiger partial charge in [0.2, 0.25) is 5.91 Å². The second kappa shape index (κ2) is 8.46. The van der Waals surface area contributed by atoms with Crippen LogP contribution in [0.1, 0.15) is 41.6 Å². The Morgan fingerprint density at radius 1 is 1.03 bits per heavy atom. The SMILES string of the molecule is CN(Cc1ccccc1N1CCCC1)C(=O)c1ccc(Cl)cc1N1CCCC1=O. The van der Waals surface area contributed by atoms with Crippen LogP contribution < -0.4 is 9.80 Å². The van der Waals surface area contributed by atoms with Crippen LogP contribution in [-0.2, 0) is 11.3 Å². The summed E-state index contributed by atoms with van der Waals surface area (Å²) in [6.45, 7) is 3.27. The fraction of sp³-hybridized carbons (Fsp3) is 0.391. The average Bonchev–Trinajstić information content (AvgIpc) is 3.39. The van der Waals surface area contributed by atoms with Gasteiger partial charge in [0.1, 0.15) is 0 Å². The minimum absolute atomic E-state index is 0.0448. The van der Waals surface area contributed by atoms with E-state index in [1.54, 1.807) is 28.0 Å². The lowest BCUT2D eigenvalue weighted by atomic mass is 10.1. The molecule has 2 aliphatic rings. The number of hydrogen-bond donors (Lipinski definition) is 0. The third kappa shape index (κ3) is 4.10. The summed E-state index contributed by atoms with van der Waals surface area (Å²) in [4.78, 5) is 31.4. The minimum Gasteiger partial charge on any atom is -0.371 e. The molecule has 6 heteroatoms. The Bertz CT molecular complexity index is 924. The van der Waals surface area contributed by atoms with E-state index >= 15 is 0 Å². The van der Waals surface area contributed by atoms with E-state index < -0.39 is 0 Å². The molecule has 2 aliphatic heterocycles. The van der Waals surface area contributed by atoms with Gasteiger partial charge in [0.05, 0.1) is 11.3 Å². The van der Waals surface area contributed by atoms with Crippen LogP contribution >= 0.6 is 11.6 Å². The van der Waals surface area contributed by atoms with Crippen LogP contribution in [0, 0.1) is 0 Å². The predicted octanol–water partition coefficient (Wildman–Crippen LogP) is 4.34. The standard InChI is InChI=1S/C23H26ClN3O2/c1-25(16-17-7-2-3-8-20(17)26-12-4-5-13-26)23(29)19-11-10-18(24)15-21(19)27-14-6-9-22(27)28/h2-3,7-8,10-11,15H,4-6,9,12-14,16H2,1H3.